The third-order valence-electron chi connectivity index (χ3n) is 4.65. The molecule has 3 aromatic rings. The van der Waals surface area contributed by atoms with Gasteiger partial charge < -0.3 is 10.6 Å². The van der Waals surface area contributed by atoms with Gasteiger partial charge >= 0.3 is 0 Å². The zero-order chi connectivity index (χ0) is 18.3. The van der Waals surface area contributed by atoms with E-state index in [4.69, 9.17) is 28.9 Å². The lowest BCUT2D eigenvalue weighted by atomic mass is 9.96. The molecule has 9 heteroatoms. The fraction of sp³-hybridized carbons (Fsp3) is 0.294. The van der Waals surface area contributed by atoms with E-state index in [-0.39, 0.29) is 17.1 Å². The molecule has 0 aliphatic carbocycles. The van der Waals surface area contributed by atoms with Gasteiger partial charge in [-0.3, -0.25) is 4.79 Å². The number of piperidine rings is 1. The van der Waals surface area contributed by atoms with Crippen molar-refractivity contribution in [3.05, 3.63) is 40.8 Å². The molecule has 1 fully saturated rings. The number of anilines is 1. The van der Waals surface area contributed by atoms with Crippen molar-refractivity contribution in [2.75, 3.05) is 18.0 Å². The van der Waals surface area contributed by atoms with Crippen molar-refractivity contribution in [2.45, 2.75) is 12.8 Å². The van der Waals surface area contributed by atoms with E-state index in [1.807, 2.05) is 12.1 Å². The number of rotatable bonds is 3. The SMILES string of the molecule is NC(=O)C1CCN(c2nc(Cl)nc3c2cnn3-c2ccc(Cl)cc2)CC1. The molecule has 1 saturated heterocycles. The second kappa shape index (κ2) is 6.74. The van der Waals surface area contributed by atoms with Crippen LogP contribution in [-0.4, -0.2) is 38.7 Å². The van der Waals surface area contributed by atoms with Crippen LogP contribution in [0.1, 0.15) is 12.8 Å². The molecule has 0 bridgehead atoms. The third-order valence-corrected chi connectivity index (χ3v) is 5.07. The molecule has 7 nitrogen and oxygen atoms in total. The van der Waals surface area contributed by atoms with Crippen LogP contribution in [0.3, 0.4) is 0 Å². The van der Waals surface area contributed by atoms with E-state index in [2.05, 4.69) is 20.0 Å². The molecule has 1 amide bonds. The van der Waals surface area contributed by atoms with Gasteiger partial charge in [-0.05, 0) is 48.7 Å². The highest BCUT2D eigenvalue weighted by molar-refractivity contribution is 6.30. The minimum Gasteiger partial charge on any atom is -0.369 e. The fourth-order valence-electron chi connectivity index (χ4n) is 3.26. The van der Waals surface area contributed by atoms with E-state index in [0.29, 0.717) is 36.6 Å². The first-order chi connectivity index (χ1) is 12.5. The van der Waals surface area contributed by atoms with Crippen LogP contribution in [0.25, 0.3) is 16.7 Å². The Morgan fingerprint density at radius 1 is 1.12 bits per heavy atom. The molecule has 3 heterocycles. The highest BCUT2D eigenvalue weighted by Crippen LogP contribution is 2.30. The van der Waals surface area contributed by atoms with Crippen molar-refractivity contribution in [2.24, 2.45) is 11.7 Å². The van der Waals surface area contributed by atoms with Crippen LogP contribution in [0.15, 0.2) is 30.5 Å². The maximum Gasteiger partial charge on any atom is 0.226 e. The summed E-state index contributed by atoms with van der Waals surface area (Å²) in [6.45, 7) is 1.37. The first-order valence-corrected chi connectivity index (χ1v) is 9.00. The van der Waals surface area contributed by atoms with E-state index in [1.165, 1.54) is 0 Å². The van der Waals surface area contributed by atoms with Crippen LogP contribution in [0.2, 0.25) is 10.3 Å². The fourth-order valence-corrected chi connectivity index (χ4v) is 3.54. The quantitative estimate of drug-likeness (QED) is 0.694. The van der Waals surface area contributed by atoms with Gasteiger partial charge in [-0.2, -0.15) is 15.1 Å². The predicted octanol–water partition coefficient (Wildman–Crippen LogP) is 2.82. The summed E-state index contributed by atoms with van der Waals surface area (Å²) in [5, 5.41) is 6.06. The molecule has 1 aliphatic heterocycles. The second-order valence-corrected chi connectivity index (χ2v) is 7.02. The van der Waals surface area contributed by atoms with Crippen molar-refractivity contribution in [3.63, 3.8) is 0 Å². The average Bonchev–Trinajstić information content (AvgIpc) is 3.05. The normalized spacial score (nSPS) is 15.5. The Morgan fingerprint density at radius 3 is 2.46 bits per heavy atom. The molecule has 0 spiro atoms. The van der Waals surface area contributed by atoms with E-state index >= 15 is 0 Å². The molecule has 134 valence electrons. The molecular weight excluding hydrogens is 375 g/mol. The summed E-state index contributed by atoms with van der Waals surface area (Å²) in [5.74, 6) is 0.394. The summed E-state index contributed by atoms with van der Waals surface area (Å²) in [4.78, 5) is 22.2. The first kappa shape index (κ1) is 17.1. The molecule has 2 N–H and O–H groups in total. The maximum absolute atomic E-state index is 11.4. The molecule has 1 aliphatic rings. The zero-order valence-electron chi connectivity index (χ0n) is 13.8. The van der Waals surface area contributed by atoms with Gasteiger partial charge in [0.2, 0.25) is 11.2 Å². The molecule has 2 aromatic heterocycles. The topological polar surface area (TPSA) is 89.9 Å². The summed E-state index contributed by atoms with van der Waals surface area (Å²) in [5.41, 5.74) is 6.87. The summed E-state index contributed by atoms with van der Waals surface area (Å²) in [6, 6.07) is 7.32. The summed E-state index contributed by atoms with van der Waals surface area (Å²) < 4.78 is 1.71. The Labute approximate surface area is 159 Å². The van der Waals surface area contributed by atoms with Gasteiger partial charge in [-0.15, -0.1) is 0 Å². The summed E-state index contributed by atoms with van der Waals surface area (Å²) in [6.07, 6.45) is 3.13. The maximum atomic E-state index is 11.4. The van der Waals surface area contributed by atoms with Crippen LogP contribution < -0.4 is 10.6 Å². The number of nitrogens with zero attached hydrogens (tertiary/aromatic N) is 5. The van der Waals surface area contributed by atoms with Gasteiger partial charge in [-0.25, -0.2) is 4.68 Å². The number of hydrogen-bond acceptors (Lipinski definition) is 5. The van der Waals surface area contributed by atoms with Crippen molar-refractivity contribution in [3.8, 4) is 5.69 Å². The van der Waals surface area contributed by atoms with E-state index < -0.39 is 0 Å². The number of primary amides is 1. The molecule has 1 aromatic carbocycles. The Morgan fingerprint density at radius 2 is 1.81 bits per heavy atom. The number of aromatic nitrogens is 4. The first-order valence-electron chi connectivity index (χ1n) is 8.24. The number of amides is 1. The Kier molecular flexibility index (Phi) is 4.42. The third kappa shape index (κ3) is 3.08. The lowest BCUT2D eigenvalue weighted by Gasteiger charge is -2.31. The number of carbonyl (C=O) groups is 1. The minimum atomic E-state index is -0.244. The van der Waals surface area contributed by atoms with Gasteiger partial charge in [0.1, 0.15) is 5.82 Å². The number of benzene rings is 1. The molecule has 0 atom stereocenters. The van der Waals surface area contributed by atoms with Gasteiger partial charge in [0, 0.05) is 24.0 Å². The molecule has 0 radical (unpaired) electrons. The molecule has 4 rings (SSSR count). The smallest absolute Gasteiger partial charge is 0.226 e. The highest BCUT2D eigenvalue weighted by atomic mass is 35.5. The average molecular weight is 391 g/mol. The largest absolute Gasteiger partial charge is 0.369 e. The standard InChI is InChI=1S/C17H16Cl2N6O/c18-11-1-3-12(4-2-11)25-16-13(9-21-25)15(22-17(19)23-16)24-7-5-10(6-8-24)14(20)26/h1-4,9-10H,5-8H2,(H2,20,26). The van der Waals surface area contributed by atoms with E-state index in [0.717, 1.165) is 16.9 Å². The summed E-state index contributed by atoms with van der Waals surface area (Å²) >= 11 is 12.1. The molecule has 26 heavy (non-hydrogen) atoms. The van der Waals surface area contributed by atoms with E-state index in [9.17, 15) is 4.79 Å². The molecular formula is C17H16Cl2N6O. The van der Waals surface area contributed by atoms with Gasteiger partial charge in [0.05, 0.1) is 17.3 Å². The van der Waals surface area contributed by atoms with Crippen LogP contribution in [0.4, 0.5) is 5.82 Å². The lowest BCUT2D eigenvalue weighted by molar-refractivity contribution is -0.122. The number of fused-ring (bicyclic) bond motifs is 1. The van der Waals surface area contributed by atoms with Gasteiger partial charge in [-0.1, -0.05) is 11.6 Å². The minimum absolute atomic E-state index is 0.0872. The predicted molar refractivity (Wildman–Crippen MR) is 101 cm³/mol. The number of nitrogens with two attached hydrogens (primary N) is 1. The van der Waals surface area contributed by atoms with Crippen LogP contribution in [0, 0.1) is 5.92 Å². The van der Waals surface area contributed by atoms with Crippen molar-refractivity contribution in [1.82, 2.24) is 19.7 Å². The van der Waals surface area contributed by atoms with Crippen molar-refractivity contribution >= 4 is 46.0 Å². The monoisotopic (exact) mass is 390 g/mol. The van der Waals surface area contributed by atoms with E-state index in [1.54, 1.807) is 23.0 Å². The van der Waals surface area contributed by atoms with Crippen molar-refractivity contribution in [1.29, 1.82) is 0 Å². The number of carbonyl (C=O) groups excluding carboxylic acids is 1. The van der Waals surface area contributed by atoms with Crippen LogP contribution in [0.5, 0.6) is 0 Å². The van der Waals surface area contributed by atoms with Gasteiger partial charge in [0.15, 0.2) is 5.65 Å². The Bertz CT molecular complexity index is 963. The lowest BCUT2D eigenvalue weighted by Crippen LogP contribution is -2.39. The zero-order valence-corrected chi connectivity index (χ0v) is 15.3. The number of halogens is 2. The van der Waals surface area contributed by atoms with Gasteiger partial charge in [0.25, 0.3) is 0 Å². The van der Waals surface area contributed by atoms with Crippen LogP contribution >= 0.6 is 23.2 Å². The Hall–Kier alpha value is -2.38. The van der Waals surface area contributed by atoms with Crippen molar-refractivity contribution < 1.29 is 4.79 Å². The second-order valence-electron chi connectivity index (χ2n) is 6.25. The molecule has 0 unspecified atom stereocenters. The number of hydrogen-bond donors (Lipinski definition) is 1. The molecule has 0 saturated carbocycles. The summed E-state index contributed by atoms with van der Waals surface area (Å²) in [7, 11) is 0. The Balaban J connectivity index is 1.73. The van der Waals surface area contributed by atoms with Crippen LogP contribution in [-0.2, 0) is 4.79 Å². The highest BCUT2D eigenvalue weighted by Gasteiger charge is 2.26.